The van der Waals surface area contributed by atoms with E-state index < -0.39 is 0 Å². The molecule has 0 aromatic rings. The van der Waals surface area contributed by atoms with Crippen LogP contribution in [0.2, 0.25) is 0 Å². The van der Waals surface area contributed by atoms with E-state index in [1.54, 1.807) is 0 Å². The highest BCUT2D eigenvalue weighted by Crippen LogP contribution is 2.61. The Morgan fingerprint density at radius 1 is 1.19 bits per heavy atom. The molecular weight excluding hydrogens is 200 g/mol. The van der Waals surface area contributed by atoms with Crippen LogP contribution in [0.4, 0.5) is 0 Å². The van der Waals surface area contributed by atoms with E-state index in [0.717, 1.165) is 38.8 Å². The van der Waals surface area contributed by atoms with Crippen LogP contribution in [-0.2, 0) is 4.79 Å². The van der Waals surface area contributed by atoms with Gasteiger partial charge in [0.2, 0.25) is 5.91 Å². The van der Waals surface area contributed by atoms with Crippen molar-refractivity contribution in [2.75, 3.05) is 20.1 Å². The molecule has 0 aliphatic heterocycles. The van der Waals surface area contributed by atoms with Gasteiger partial charge in [-0.15, -0.1) is 0 Å². The van der Waals surface area contributed by atoms with Crippen LogP contribution >= 0.6 is 0 Å². The second kappa shape index (κ2) is 4.36. The van der Waals surface area contributed by atoms with Crippen molar-refractivity contribution in [3.05, 3.63) is 0 Å². The average molecular weight is 224 g/mol. The van der Waals surface area contributed by atoms with Crippen LogP contribution in [-0.4, -0.2) is 26.0 Å². The molecule has 2 N–H and O–H groups in total. The molecule has 0 aromatic carbocycles. The maximum absolute atomic E-state index is 12.2. The van der Waals surface area contributed by atoms with Gasteiger partial charge in [-0.2, -0.15) is 0 Å². The Morgan fingerprint density at radius 3 is 2.38 bits per heavy atom. The van der Waals surface area contributed by atoms with Crippen LogP contribution in [0.5, 0.6) is 0 Å². The fraction of sp³-hybridized carbons (Fsp3) is 0.923. The number of fused-ring (bicyclic) bond motifs is 2. The normalized spacial score (nSPS) is 36.6. The topological polar surface area (TPSA) is 41.1 Å². The Labute approximate surface area is 98.4 Å². The molecule has 0 spiro atoms. The average Bonchev–Trinajstić information content (AvgIpc) is 2.79. The largest absolute Gasteiger partial charge is 0.356 e. The molecule has 0 radical (unpaired) electrons. The number of hydrogen-bond donors (Lipinski definition) is 2. The van der Waals surface area contributed by atoms with Crippen LogP contribution < -0.4 is 10.6 Å². The molecule has 3 nitrogen and oxygen atoms in total. The van der Waals surface area contributed by atoms with Crippen molar-refractivity contribution in [3.63, 3.8) is 0 Å². The van der Waals surface area contributed by atoms with Crippen molar-refractivity contribution >= 4 is 5.91 Å². The Kier molecular flexibility index (Phi) is 3.24. The summed E-state index contributed by atoms with van der Waals surface area (Å²) >= 11 is 0. The summed E-state index contributed by atoms with van der Waals surface area (Å²) in [5.74, 6) is 0.324. The van der Waals surface area contributed by atoms with Crippen LogP contribution in [0, 0.1) is 10.8 Å². The summed E-state index contributed by atoms with van der Waals surface area (Å²) in [6, 6.07) is 0. The highest BCUT2D eigenvalue weighted by Gasteiger charge is 2.55. The standard InChI is InChI=1S/C13H24N2O/c1-12-4-6-13(10-12,7-5-12)11(16)15-9-3-8-14-2/h14H,3-10H2,1-2H3,(H,15,16). The van der Waals surface area contributed by atoms with Crippen molar-refractivity contribution < 1.29 is 4.79 Å². The smallest absolute Gasteiger partial charge is 0.226 e. The first kappa shape index (κ1) is 11.9. The van der Waals surface area contributed by atoms with Gasteiger partial charge in [-0.25, -0.2) is 0 Å². The van der Waals surface area contributed by atoms with E-state index in [1.807, 2.05) is 7.05 Å². The van der Waals surface area contributed by atoms with E-state index in [-0.39, 0.29) is 5.41 Å². The van der Waals surface area contributed by atoms with Gasteiger partial charge in [-0.05, 0) is 57.5 Å². The molecule has 3 heteroatoms. The lowest BCUT2D eigenvalue weighted by atomic mass is 9.82. The molecule has 2 rings (SSSR count). The van der Waals surface area contributed by atoms with Gasteiger partial charge in [0.25, 0.3) is 0 Å². The minimum Gasteiger partial charge on any atom is -0.356 e. The number of rotatable bonds is 5. The summed E-state index contributed by atoms with van der Waals surface area (Å²) in [5, 5.41) is 6.21. The van der Waals surface area contributed by atoms with Crippen LogP contribution in [0.3, 0.4) is 0 Å². The third kappa shape index (κ3) is 2.10. The van der Waals surface area contributed by atoms with Gasteiger partial charge in [-0.1, -0.05) is 6.92 Å². The maximum atomic E-state index is 12.2. The number of carbonyl (C=O) groups is 1. The van der Waals surface area contributed by atoms with E-state index in [0.29, 0.717) is 11.3 Å². The summed E-state index contributed by atoms with van der Waals surface area (Å²) in [4.78, 5) is 12.2. The predicted molar refractivity (Wildman–Crippen MR) is 65.2 cm³/mol. The van der Waals surface area contributed by atoms with Gasteiger partial charge < -0.3 is 10.6 Å². The zero-order valence-corrected chi connectivity index (χ0v) is 10.6. The van der Waals surface area contributed by atoms with Crippen LogP contribution in [0.15, 0.2) is 0 Å². The van der Waals surface area contributed by atoms with E-state index in [4.69, 9.17) is 0 Å². The van der Waals surface area contributed by atoms with E-state index >= 15 is 0 Å². The van der Waals surface area contributed by atoms with Gasteiger partial charge in [-0.3, -0.25) is 4.79 Å². The maximum Gasteiger partial charge on any atom is 0.226 e. The quantitative estimate of drug-likeness (QED) is 0.698. The molecule has 2 saturated carbocycles. The molecule has 16 heavy (non-hydrogen) atoms. The Bertz CT molecular complexity index is 267. The van der Waals surface area contributed by atoms with Gasteiger partial charge in [0.15, 0.2) is 0 Å². The predicted octanol–water partition coefficient (Wildman–Crippen LogP) is 1.68. The molecule has 92 valence electrons. The Morgan fingerprint density at radius 2 is 1.88 bits per heavy atom. The monoisotopic (exact) mass is 224 g/mol. The number of hydrogen-bond acceptors (Lipinski definition) is 2. The lowest BCUT2D eigenvalue weighted by molar-refractivity contribution is -0.130. The van der Waals surface area contributed by atoms with Crippen molar-refractivity contribution in [1.29, 1.82) is 0 Å². The van der Waals surface area contributed by atoms with Crippen molar-refractivity contribution in [3.8, 4) is 0 Å². The minimum atomic E-state index is 0.00833. The van der Waals surface area contributed by atoms with Crippen LogP contribution in [0.25, 0.3) is 0 Å². The van der Waals surface area contributed by atoms with E-state index in [1.165, 1.54) is 12.8 Å². The summed E-state index contributed by atoms with van der Waals surface area (Å²) in [7, 11) is 1.94. The summed E-state index contributed by atoms with van der Waals surface area (Å²) in [6.07, 6.45) is 6.87. The number of carbonyl (C=O) groups excluding carboxylic acids is 1. The van der Waals surface area contributed by atoms with Crippen molar-refractivity contribution in [1.82, 2.24) is 10.6 Å². The SMILES string of the molecule is CNCCCNC(=O)C12CCC(C)(CC1)C2. The van der Waals surface area contributed by atoms with E-state index in [2.05, 4.69) is 17.6 Å². The third-order valence-electron chi connectivity index (χ3n) is 4.55. The van der Waals surface area contributed by atoms with E-state index in [9.17, 15) is 4.79 Å². The zero-order valence-electron chi connectivity index (χ0n) is 10.6. The Hall–Kier alpha value is -0.570. The third-order valence-corrected chi connectivity index (χ3v) is 4.55. The molecule has 2 fully saturated rings. The molecule has 0 saturated heterocycles. The molecular formula is C13H24N2O. The lowest BCUT2D eigenvalue weighted by Crippen LogP contribution is -2.39. The first-order chi connectivity index (χ1) is 7.60. The molecule has 0 heterocycles. The fourth-order valence-corrected chi connectivity index (χ4v) is 3.46. The first-order valence-corrected chi connectivity index (χ1v) is 6.53. The lowest BCUT2D eigenvalue weighted by Gasteiger charge is -2.25. The second-order valence-corrected chi connectivity index (χ2v) is 5.98. The molecule has 2 aliphatic rings. The van der Waals surface area contributed by atoms with Gasteiger partial charge >= 0.3 is 0 Å². The molecule has 0 aromatic heterocycles. The van der Waals surface area contributed by atoms with Crippen molar-refractivity contribution in [2.24, 2.45) is 10.8 Å². The Balaban J connectivity index is 1.82. The van der Waals surface area contributed by atoms with Gasteiger partial charge in [0, 0.05) is 12.0 Å². The minimum absolute atomic E-state index is 0.00833. The highest BCUT2D eigenvalue weighted by atomic mass is 16.2. The second-order valence-electron chi connectivity index (χ2n) is 5.98. The highest BCUT2D eigenvalue weighted by molar-refractivity contribution is 5.83. The van der Waals surface area contributed by atoms with Gasteiger partial charge in [0.1, 0.15) is 0 Å². The van der Waals surface area contributed by atoms with Gasteiger partial charge in [0.05, 0.1) is 0 Å². The molecule has 2 aliphatic carbocycles. The van der Waals surface area contributed by atoms with Crippen LogP contribution in [0.1, 0.15) is 45.4 Å². The summed E-state index contributed by atoms with van der Waals surface area (Å²) < 4.78 is 0. The molecule has 0 unspecified atom stereocenters. The summed E-state index contributed by atoms with van der Waals surface area (Å²) in [5.41, 5.74) is 0.483. The fourth-order valence-electron chi connectivity index (χ4n) is 3.46. The summed E-state index contributed by atoms with van der Waals surface area (Å²) in [6.45, 7) is 4.14. The first-order valence-electron chi connectivity index (χ1n) is 6.53. The molecule has 2 bridgehead atoms. The number of nitrogens with one attached hydrogen (secondary N) is 2. The van der Waals surface area contributed by atoms with Crippen molar-refractivity contribution in [2.45, 2.75) is 45.4 Å². The zero-order chi connectivity index (χ0) is 11.6. The number of amides is 1. The molecule has 1 amide bonds. The molecule has 0 atom stereocenters.